The maximum Gasteiger partial charge on any atom is 0.260 e. The van der Waals surface area contributed by atoms with E-state index < -0.39 is 0 Å². The summed E-state index contributed by atoms with van der Waals surface area (Å²) in [6.45, 7) is 2.12. The molecular weight excluding hydrogens is 461 g/mol. The lowest BCUT2D eigenvalue weighted by Crippen LogP contribution is -2.36. The molecule has 1 amide bonds. The number of rotatable bonds is 6. The number of methoxy groups -OCH3 is 1. The van der Waals surface area contributed by atoms with Crippen LogP contribution >= 0.6 is 35.3 Å². The smallest absolute Gasteiger partial charge is 0.260 e. The van der Waals surface area contributed by atoms with Gasteiger partial charge in [0.25, 0.3) is 5.91 Å². The Morgan fingerprint density at radius 1 is 1.16 bits per heavy atom. The summed E-state index contributed by atoms with van der Waals surface area (Å²) in [7, 11) is 5.52. The molecule has 0 aliphatic carbocycles. The zero-order valence-electron chi connectivity index (χ0n) is 17.4. The molecule has 7 nitrogen and oxygen atoms in total. The van der Waals surface area contributed by atoms with Crippen LogP contribution in [-0.4, -0.2) is 63.3 Å². The van der Waals surface area contributed by atoms with E-state index in [-0.39, 0.29) is 18.3 Å². The number of amides is 1. The molecule has 2 heterocycles. The van der Waals surface area contributed by atoms with Crippen LogP contribution in [0.2, 0.25) is 5.02 Å². The number of carbonyl (C=O) groups is 1. The van der Waals surface area contributed by atoms with Gasteiger partial charge in [-0.3, -0.25) is 9.69 Å². The number of thiazole rings is 1. The molecule has 4 rings (SSSR count). The van der Waals surface area contributed by atoms with Crippen LogP contribution in [0.3, 0.4) is 0 Å². The van der Waals surface area contributed by atoms with Gasteiger partial charge in [-0.25, -0.2) is 4.98 Å². The third kappa shape index (κ3) is 4.82. The summed E-state index contributed by atoms with van der Waals surface area (Å²) in [4.78, 5) is 21.9. The van der Waals surface area contributed by atoms with Gasteiger partial charge in [0.2, 0.25) is 0 Å². The second-order valence-electron chi connectivity index (χ2n) is 7.04. The fourth-order valence-corrected chi connectivity index (χ4v) is 4.42. The van der Waals surface area contributed by atoms with E-state index in [1.807, 2.05) is 19.0 Å². The fourth-order valence-electron chi connectivity index (χ4n) is 3.14. The summed E-state index contributed by atoms with van der Waals surface area (Å²) in [6, 6.07) is 8.79. The molecule has 31 heavy (non-hydrogen) atoms. The molecule has 0 saturated heterocycles. The van der Waals surface area contributed by atoms with Crippen molar-refractivity contribution in [2.45, 2.75) is 0 Å². The Labute approximate surface area is 195 Å². The summed E-state index contributed by atoms with van der Waals surface area (Å²) in [5.41, 5.74) is 1.16. The number of fused-ring (bicyclic) bond motifs is 2. The van der Waals surface area contributed by atoms with Crippen molar-refractivity contribution in [2.75, 3.05) is 52.4 Å². The molecule has 166 valence electrons. The van der Waals surface area contributed by atoms with Gasteiger partial charge in [-0.2, -0.15) is 0 Å². The second-order valence-corrected chi connectivity index (χ2v) is 8.43. The minimum Gasteiger partial charge on any atom is -0.494 e. The van der Waals surface area contributed by atoms with Crippen molar-refractivity contribution in [2.24, 2.45) is 0 Å². The maximum absolute atomic E-state index is 13.5. The normalized spacial score (nSPS) is 12.5. The molecule has 1 aliphatic rings. The fraction of sp³-hybridized carbons (Fsp3) is 0.333. The Morgan fingerprint density at radius 3 is 2.61 bits per heavy atom. The minimum absolute atomic E-state index is 0. The second kappa shape index (κ2) is 9.91. The Bertz CT molecular complexity index is 1090. The molecule has 0 bridgehead atoms. The quantitative estimate of drug-likeness (QED) is 0.518. The van der Waals surface area contributed by atoms with E-state index in [1.54, 1.807) is 42.3 Å². The van der Waals surface area contributed by atoms with Crippen molar-refractivity contribution in [3.05, 3.63) is 40.9 Å². The highest BCUT2D eigenvalue weighted by Crippen LogP contribution is 2.39. The van der Waals surface area contributed by atoms with E-state index in [0.717, 1.165) is 4.70 Å². The summed E-state index contributed by atoms with van der Waals surface area (Å²) >= 11 is 7.75. The summed E-state index contributed by atoms with van der Waals surface area (Å²) < 4.78 is 17.4. The molecule has 0 radical (unpaired) electrons. The van der Waals surface area contributed by atoms with E-state index in [2.05, 4.69) is 0 Å². The first kappa shape index (κ1) is 23.4. The zero-order valence-corrected chi connectivity index (χ0v) is 19.8. The van der Waals surface area contributed by atoms with Crippen molar-refractivity contribution >= 4 is 56.6 Å². The van der Waals surface area contributed by atoms with Gasteiger partial charge >= 0.3 is 0 Å². The number of hydrogen-bond acceptors (Lipinski definition) is 7. The van der Waals surface area contributed by atoms with Crippen LogP contribution in [0.25, 0.3) is 10.2 Å². The number of aromatic nitrogens is 1. The first-order chi connectivity index (χ1) is 14.5. The van der Waals surface area contributed by atoms with Crippen LogP contribution in [0.5, 0.6) is 17.2 Å². The van der Waals surface area contributed by atoms with Crippen molar-refractivity contribution < 1.29 is 19.0 Å². The molecular formula is C21H23Cl2N3O4S. The van der Waals surface area contributed by atoms with E-state index in [9.17, 15) is 4.79 Å². The molecule has 0 N–H and O–H groups in total. The molecule has 0 fully saturated rings. The minimum atomic E-state index is -0.164. The van der Waals surface area contributed by atoms with Gasteiger partial charge < -0.3 is 19.1 Å². The van der Waals surface area contributed by atoms with Crippen molar-refractivity contribution in [3.63, 3.8) is 0 Å². The molecule has 0 saturated carbocycles. The lowest BCUT2D eigenvalue weighted by atomic mass is 10.1. The Kier molecular flexibility index (Phi) is 7.48. The largest absolute Gasteiger partial charge is 0.494 e. The van der Waals surface area contributed by atoms with Gasteiger partial charge in [0.1, 0.15) is 24.5 Å². The van der Waals surface area contributed by atoms with Gasteiger partial charge in [-0.1, -0.05) is 22.9 Å². The number of likely N-dealkylation sites (N-methyl/N-ethyl adjacent to an activating group) is 1. The monoisotopic (exact) mass is 483 g/mol. The number of carbonyl (C=O) groups excluding carboxylic acids is 1. The lowest BCUT2D eigenvalue weighted by molar-refractivity contribution is 0.0984. The van der Waals surface area contributed by atoms with Crippen molar-refractivity contribution in [1.82, 2.24) is 9.88 Å². The van der Waals surface area contributed by atoms with Crippen LogP contribution in [0.15, 0.2) is 30.3 Å². The highest BCUT2D eigenvalue weighted by atomic mass is 35.5. The van der Waals surface area contributed by atoms with Gasteiger partial charge in [0.15, 0.2) is 16.6 Å². The number of benzene rings is 2. The van der Waals surface area contributed by atoms with Crippen LogP contribution in [0, 0.1) is 0 Å². The average Bonchev–Trinajstić information content (AvgIpc) is 3.19. The summed E-state index contributed by atoms with van der Waals surface area (Å²) in [5, 5.41) is 1.15. The number of nitrogens with zero attached hydrogens (tertiary/aromatic N) is 3. The van der Waals surface area contributed by atoms with Gasteiger partial charge in [-0.15, -0.1) is 12.4 Å². The van der Waals surface area contributed by atoms with Crippen molar-refractivity contribution in [1.29, 1.82) is 0 Å². The molecule has 10 heteroatoms. The van der Waals surface area contributed by atoms with Gasteiger partial charge in [0, 0.05) is 18.7 Å². The molecule has 0 atom stereocenters. The number of ether oxygens (including phenoxy) is 3. The Morgan fingerprint density at radius 2 is 1.90 bits per heavy atom. The van der Waals surface area contributed by atoms with Crippen LogP contribution in [-0.2, 0) is 0 Å². The molecule has 1 aromatic heterocycles. The zero-order chi connectivity index (χ0) is 21.3. The Hall–Kier alpha value is -2.26. The van der Waals surface area contributed by atoms with E-state index in [1.165, 1.54) is 11.3 Å². The molecule has 2 aromatic carbocycles. The Balaban J connectivity index is 0.00000272. The van der Waals surface area contributed by atoms with E-state index >= 15 is 0 Å². The topological polar surface area (TPSA) is 64.1 Å². The highest BCUT2D eigenvalue weighted by Gasteiger charge is 2.25. The van der Waals surface area contributed by atoms with Crippen LogP contribution in [0.4, 0.5) is 5.13 Å². The third-order valence-corrected chi connectivity index (χ3v) is 6.24. The third-order valence-electron chi connectivity index (χ3n) is 4.70. The first-order valence-electron chi connectivity index (χ1n) is 9.47. The predicted molar refractivity (Wildman–Crippen MR) is 126 cm³/mol. The number of hydrogen-bond donors (Lipinski definition) is 0. The summed E-state index contributed by atoms with van der Waals surface area (Å²) in [5.74, 6) is 1.68. The molecule has 0 unspecified atom stereocenters. The molecule has 3 aromatic rings. The van der Waals surface area contributed by atoms with Gasteiger partial charge in [0.05, 0.1) is 16.8 Å². The van der Waals surface area contributed by atoms with E-state index in [0.29, 0.717) is 64.8 Å². The standard InChI is InChI=1S/C21H22ClN3O4S.ClH/c1-24(2)8-9-25(20(26)13-4-6-15-17(12-13)29-11-10-28-15)21-23-18-16(27-3)7-5-14(22)19(18)30-21;/h4-7,12H,8-11H2,1-3H3;1H. The number of anilines is 1. The number of halogens is 2. The van der Waals surface area contributed by atoms with Crippen LogP contribution < -0.4 is 19.1 Å². The highest BCUT2D eigenvalue weighted by molar-refractivity contribution is 7.23. The van der Waals surface area contributed by atoms with Crippen molar-refractivity contribution in [3.8, 4) is 17.2 Å². The first-order valence-corrected chi connectivity index (χ1v) is 10.7. The average molecular weight is 484 g/mol. The predicted octanol–water partition coefficient (Wildman–Crippen LogP) is 4.36. The molecule has 1 aliphatic heterocycles. The lowest BCUT2D eigenvalue weighted by Gasteiger charge is -2.23. The van der Waals surface area contributed by atoms with Crippen LogP contribution in [0.1, 0.15) is 10.4 Å². The van der Waals surface area contributed by atoms with E-state index in [4.69, 9.17) is 30.8 Å². The van der Waals surface area contributed by atoms with Gasteiger partial charge in [-0.05, 0) is 44.4 Å². The maximum atomic E-state index is 13.5. The molecule has 0 spiro atoms. The summed E-state index contributed by atoms with van der Waals surface area (Å²) in [6.07, 6.45) is 0. The SMILES string of the molecule is COc1ccc(Cl)c2sc(N(CCN(C)C)C(=O)c3ccc4c(c3)OCCO4)nc12.Cl.